The molecule has 7 nitrogen and oxygen atoms in total. The van der Waals surface area contributed by atoms with Crippen molar-refractivity contribution < 1.29 is 21.9 Å². The van der Waals surface area contributed by atoms with Crippen LogP contribution in [0.3, 0.4) is 0 Å². The van der Waals surface area contributed by atoms with E-state index in [1.165, 1.54) is 12.1 Å². The number of aryl methyl sites for hydroxylation is 1. The zero-order valence-corrected chi connectivity index (χ0v) is 14.9. The lowest BCUT2D eigenvalue weighted by Crippen LogP contribution is -2.10. The van der Waals surface area contributed by atoms with Crippen LogP contribution in [0.15, 0.2) is 38.5 Å². The summed E-state index contributed by atoms with van der Waals surface area (Å²) in [5.41, 5.74) is 0.901. The molecule has 2 aromatic rings. The Kier molecular flexibility index (Phi) is 5.09. The first-order valence-corrected chi connectivity index (χ1v) is 10.7. The molecule has 2 rings (SSSR count). The van der Waals surface area contributed by atoms with E-state index in [4.69, 9.17) is 5.11 Å². The third-order valence-electron chi connectivity index (χ3n) is 2.88. The van der Waals surface area contributed by atoms with Gasteiger partial charge in [-0.3, -0.25) is 0 Å². The fourth-order valence-corrected chi connectivity index (χ4v) is 5.28. The van der Waals surface area contributed by atoms with Crippen LogP contribution in [0.2, 0.25) is 0 Å². The van der Waals surface area contributed by atoms with Gasteiger partial charge in [0.1, 0.15) is 5.00 Å². The molecule has 0 spiro atoms. The van der Waals surface area contributed by atoms with Crippen molar-refractivity contribution in [2.24, 2.45) is 0 Å². The van der Waals surface area contributed by atoms with E-state index in [2.05, 4.69) is 10.3 Å². The van der Waals surface area contributed by atoms with Crippen molar-refractivity contribution in [1.29, 1.82) is 0 Å². The molecular weight excluding hydrogens is 360 g/mol. The van der Waals surface area contributed by atoms with Gasteiger partial charge in [0, 0.05) is 12.8 Å². The van der Waals surface area contributed by atoms with Crippen LogP contribution in [-0.4, -0.2) is 46.3 Å². The van der Waals surface area contributed by atoms with Gasteiger partial charge in [-0.05, 0) is 19.1 Å². The van der Waals surface area contributed by atoms with Crippen molar-refractivity contribution >= 4 is 36.0 Å². The first-order chi connectivity index (χ1) is 10.7. The molecule has 1 heterocycles. The molecular formula is C13H16N2O5S3. The zero-order valence-electron chi connectivity index (χ0n) is 12.5. The number of benzene rings is 1. The minimum Gasteiger partial charge on any atom is -0.395 e. The number of aliphatic hydroxyl groups excluding tert-OH is 1. The summed E-state index contributed by atoms with van der Waals surface area (Å²) in [6, 6.07) is 6.19. The van der Waals surface area contributed by atoms with Crippen LogP contribution in [0, 0.1) is 6.92 Å². The van der Waals surface area contributed by atoms with E-state index in [-0.39, 0.29) is 32.4 Å². The molecule has 0 radical (unpaired) electrons. The number of rotatable bonds is 6. The first-order valence-electron chi connectivity index (χ1n) is 6.53. The van der Waals surface area contributed by atoms with Crippen molar-refractivity contribution in [1.82, 2.24) is 4.98 Å². The number of thiazole rings is 1. The number of aliphatic hydroxyl groups is 1. The highest BCUT2D eigenvalue weighted by molar-refractivity contribution is 7.93. The summed E-state index contributed by atoms with van der Waals surface area (Å²) in [5, 5.41) is 11.3. The van der Waals surface area contributed by atoms with Gasteiger partial charge in [0.25, 0.3) is 0 Å². The van der Waals surface area contributed by atoms with Crippen molar-refractivity contribution in [2.75, 3.05) is 24.7 Å². The molecule has 0 unspecified atom stereocenters. The minimum absolute atomic E-state index is 0.0282. The molecule has 0 saturated carbocycles. The summed E-state index contributed by atoms with van der Waals surface area (Å²) in [5.74, 6) is 0. The van der Waals surface area contributed by atoms with Gasteiger partial charge in [0.15, 0.2) is 5.03 Å². The number of anilines is 1. The van der Waals surface area contributed by atoms with E-state index >= 15 is 0 Å². The molecule has 0 bridgehead atoms. The second-order valence-electron chi connectivity index (χ2n) is 4.85. The highest BCUT2D eigenvalue weighted by Gasteiger charge is 2.28. The third-order valence-corrected chi connectivity index (χ3v) is 7.39. The van der Waals surface area contributed by atoms with Crippen LogP contribution < -0.4 is 5.32 Å². The van der Waals surface area contributed by atoms with Crippen LogP contribution in [0.1, 0.15) is 5.56 Å². The average molecular weight is 376 g/mol. The molecule has 126 valence electrons. The Morgan fingerprint density at radius 1 is 1.17 bits per heavy atom. The van der Waals surface area contributed by atoms with E-state index in [1.807, 2.05) is 6.92 Å². The Hall–Kier alpha value is -1.49. The number of nitrogens with one attached hydrogen (secondary N) is 1. The molecule has 0 atom stereocenters. The van der Waals surface area contributed by atoms with Gasteiger partial charge >= 0.3 is 0 Å². The smallest absolute Gasteiger partial charge is 0.226 e. The number of nitrogens with zero attached hydrogens (tertiary/aromatic N) is 1. The van der Waals surface area contributed by atoms with Crippen LogP contribution in [0.5, 0.6) is 0 Å². The largest absolute Gasteiger partial charge is 0.395 e. The van der Waals surface area contributed by atoms with Gasteiger partial charge in [0.05, 0.1) is 11.5 Å². The Labute approximate surface area is 138 Å². The number of hydrogen-bond donors (Lipinski definition) is 2. The lowest BCUT2D eigenvalue weighted by atomic mass is 10.2. The molecule has 0 saturated heterocycles. The summed E-state index contributed by atoms with van der Waals surface area (Å²) >= 11 is 0.731. The second-order valence-corrected chi connectivity index (χ2v) is 9.91. The van der Waals surface area contributed by atoms with Crippen LogP contribution in [0.25, 0.3) is 0 Å². The van der Waals surface area contributed by atoms with Gasteiger partial charge in [-0.2, -0.15) is 0 Å². The monoisotopic (exact) mass is 376 g/mol. The topological polar surface area (TPSA) is 113 Å². The number of sulfone groups is 2. The highest BCUT2D eigenvalue weighted by Crippen LogP contribution is 2.34. The third kappa shape index (κ3) is 3.89. The maximum atomic E-state index is 12.7. The first kappa shape index (κ1) is 17.9. The molecule has 0 aliphatic carbocycles. The van der Waals surface area contributed by atoms with Gasteiger partial charge in [-0.25, -0.2) is 21.8 Å². The van der Waals surface area contributed by atoms with E-state index in [0.717, 1.165) is 23.2 Å². The van der Waals surface area contributed by atoms with E-state index in [9.17, 15) is 16.8 Å². The number of hydrogen-bond acceptors (Lipinski definition) is 8. The average Bonchev–Trinajstić information content (AvgIpc) is 2.90. The molecule has 0 aliphatic heterocycles. The standard InChI is InChI=1S/C13H16N2O5S3/c1-9-3-5-10(6-4-9)23(19,20)12-11(14-7-8-16)21-13(15-12)22(2,17)18/h3-6,14,16H,7-8H2,1-2H3. The molecule has 1 aromatic heterocycles. The summed E-state index contributed by atoms with van der Waals surface area (Å²) < 4.78 is 48.5. The fourth-order valence-electron chi connectivity index (χ4n) is 1.74. The van der Waals surface area contributed by atoms with Crippen molar-refractivity contribution in [3.63, 3.8) is 0 Å². The molecule has 1 aromatic carbocycles. The molecule has 0 fully saturated rings. The summed E-state index contributed by atoms with van der Waals surface area (Å²) in [4.78, 5) is 3.83. The molecule has 2 N–H and O–H groups in total. The Balaban J connectivity index is 2.59. The Bertz CT molecular complexity index is 900. The summed E-state index contributed by atoms with van der Waals surface area (Å²) in [6.07, 6.45) is 0.962. The quantitative estimate of drug-likeness (QED) is 0.776. The summed E-state index contributed by atoms with van der Waals surface area (Å²) in [6.45, 7) is 1.69. The van der Waals surface area contributed by atoms with Crippen LogP contribution in [0.4, 0.5) is 5.00 Å². The lowest BCUT2D eigenvalue weighted by Gasteiger charge is -2.06. The normalized spacial score (nSPS) is 12.3. The lowest BCUT2D eigenvalue weighted by molar-refractivity contribution is 0.311. The van der Waals surface area contributed by atoms with Gasteiger partial charge in [0.2, 0.25) is 24.0 Å². The van der Waals surface area contributed by atoms with Crippen LogP contribution in [-0.2, 0) is 19.7 Å². The maximum Gasteiger partial charge on any atom is 0.226 e. The van der Waals surface area contributed by atoms with Crippen molar-refractivity contribution in [3.8, 4) is 0 Å². The Morgan fingerprint density at radius 3 is 2.30 bits per heavy atom. The van der Waals surface area contributed by atoms with Gasteiger partial charge in [-0.15, -0.1) is 0 Å². The molecule has 23 heavy (non-hydrogen) atoms. The summed E-state index contributed by atoms with van der Waals surface area (Å²) in [7, 11) is -7.60. The zero-order chi connectivity index (χ0) is 17.3. The van der Waals surface area contributed by atoms with E-state index in [1.54, 1.807) is 12.1 Å². The second kappa shape index (κ2) is 6.56. The van der Waals surface area contributed by atoms with Gasteiger partial charge < -0.3 is 10.4 Å². The van der Waals surface area contributed by atoms with Crippen LogP contribution >= 0.6 is 11.3 Å². The van der Waals surface area contributed by atoms with Crippen molar-refractivity contribution in [3.05, 3.63) is 29.8 Å². The molecule has 0 aliphatic rings. The Morgan fingerprint density at radius 2 is 1.78 bits per heavy atom. The van der Waals surface area contributed by atoms with Crippen molar-refractivity contribution in [2.45, 2.75) is 21.2 Å². The molecule has 0 amide bonds. The number of aromatic nitrogens is 1. The highest BCUT2D eigenvalue weighted by atomic mass is 32.2. The predicted octanol–water partition coefficient (Wildman–Crippen LogP) is 1.09. The van der Waals surface area contributed by atoms with E-state index in [0.29, 0.717) is 0 Å². The fraction of sp³-hybridized carbons (Fsp3) is 0.308. The minimum atomic E-state index is -3.97. The van der Waals surface area contributed by atoms with E-state index < -0.39 is 19.7 Å². The predicted molar refractivity (Wildman–Crippen MR) is 87.4 cm³/mol. The SMILES string of the molecule is Cc1ccc(S(=O)(=O)c2nc(S(C)(=O)=O)sc2NCCO)cc1. The maximum absolute atomic E-state index is 12.7. The molecule has 10 heteroatoms. The van der Waals surface area contributed by atoms with Gasteiger partial charge in [-0.1, -0.05) is 29.0 Å².